The summed E-state index contributed by atoms with van der Waals surface area (Å²) in [5.74, 6) is -0.888. The van der Waals surface area contributed by atoms with Crippen molar-refractivity contribution in [3.8, 4) is 5.75 Å². The first kappa shape index (κ1) is 19.4. The summed E-state index contributed by atoms with van der Waals surface area (Å²) in [7, 11) is 0. The fraction of sp³-hybridized carbons (Fsp3) is 0.263. The zero-order valence-electron chi connectivity index (χ0n) is 14.1. The molecule has 2 aromatic carbocycles. The Balaban J connectivity index is 1.54. The highest BCUT2D eigenvalue weighted by molar-refractivity contribution is 5.96. The molecule has 0 radical (unpaired) electrons. The lowest BCUT2D eigenvalue weighted by molar-refractivity contribution is -0.120. The monoisotopic (exact) mass is 362 g/mol. The number of carbonyl (C=O) groups excluding carboxylic acids is 2. The molecule has 0 bridgehead atoms. The lowest BCUT2D eigenvalue weighted by Crippen LogP contribution is -2.37. The van der Waals surface area contributed by atoms with Crippen LogP contribution in [0.4, 0.5) is 8.78 Å². The number of carbonyl (C=O) groups is 2. The molecule has 0 aliphatic heterocycles. The maximum atomic E-state index is 12.8. The molecule has 2 amide bonds. The summed E-state index contributed by atoms with van der Waals surface area (Å²) >= 11 is 0. The second-order valence-electron chi connectivity index (χ2n) is 5.55. The van der Waals surface area contributed by atoms with Crippen LogP contribution in [0.15, 0.2) is 48.5 Å². The van der Waals surface area contributed by atoms with Crippen LogP contribution < -0.4 is 15.4 Å². The Morgan fingerprint density at radius 1 is 0.846 bits per heavy atom. The first-order valence-electron chi connectivity index (χ1n) is 8.23. The van der Waals surface area contributed by atoms with E-state index in [4.69, 9.17) is 4.74 Å². The fourth-order valence-corrected chi connectivity index (χ4v) is 2.10. The van der Waals surface area contributed by atoms with E-state index in [9.17, 15) is 18.4 Å². The fourth-order valence-electron chi connectivity index (χ4n) is 2.10. The van der Waals surface area contributed by atoms with Crippen LogP contribution in [0.25, 0.3) is 0 Å². The molecule has 0 atom stereocenters. The van der Waals surface area contributed by atoms with E-state index < -0.39 is 11.7 Å². The summed E-state index contributed by atoms with van der Waals surface area (Å²) in [5.41, 5.74) is 0.289. The van der Waals surface area contributed by atoms with Gasteiger partial charge in [0.1, 0.15) is 17.4 Å². The minimum atomic E-state index is -0.437. The molecule has 138 valence electrons. The summed E-state index contributed by atoms with van der Waals surface area (Å²) in [6.45, 7) is 0.767. The third-order valence-corrected chi connectivity index (χ3v) is 3.49. The second-order valence-corrected chi connectivity index (χ2v) is 5.55. The van der Waals surface area contributed by atoms with Crippen molar-refractivity contribution < 1.29 is 23.1 Å². The molecule has 0 saturated carbocycles. The normalized spacial score (nSPS) is 10.2. The van der Waals surface area contributed by atoms with Crippen LogP contribution in [0.2, 0.25) is 0 Å². The van der Waals surface area contributed by atoms with Crippen molar-refractivity contribution in [3.63, 3.8) is 0 Å². The largest absolute Gasteiger partial charge is 0.494 e. The number of ether oxygens (including phenoxy) is 1. The number of nitrogens with one attached hydrogen (secondary N) is 2. The SMILES string of the molecule is O=C(CNC(=O)c1ccc(F)cc1)NCCCCOc1ccc(F)cc1. The topological polar surface area (TPSA) is 67.4 Å². The van der Waals surface area contributed by atoms with Crippen LogP contribution in [-0.4, -0.2) is 31.5 Å². The van der Waals surface area contributed by atoms with Crippen molar-refractivity contribution in [1.82, 2.24) is 10.6 Å². The lowest BCUT2D eigenvalue weighted by Gasteiger charge is -2.08. The van der Waals surface area contributed by atoms with Gasteiger partial charge in [0.2, 0.25) is 5.91 Å². The Bertz CT molecular complexity index is 719. The smallest absolute Gasteiger partial charge is 0.251 e. The maximum Gasteiger partial charge on any atom is 0.251 e. The average Bonchev–Trinajstić information content (AvgIpc) is 2.64. The zero-order valence-corrected chi connectivity index (χ0v) is 14.1. The van der Waals surface area contributed by atoms with E-state index in [-0.39, 0.29) is 23.8 Å². The second kappa shape index (κ2) is 10.1. The zero-order chi connectivity index (χ0) is 18.8. The van der Waals surface area contributed by atoms with Gasteiger partial charge in [-0.25, -0.2) is 8.78 Å². The molecule has 0 aliphatic carbocycles. The van der Waals surface area contributed by atoms with Gasteiger partial charge in [0.15, 0.2) is 0 Å². The van der Waals surface area contributed by atoms with E-state index in [2.05, 4.69) is 10.6 Å². The van der Waals surface area contributed by atoms with Gasteiger partial charge in [-0.1, -0.05) is 0 Å². The van der Waals surface area contributed by atoms with Crippen molar-refractivity contribution in [3.05, 3.63) is 65.7 Å². The van der Waals surface area contributed by atoms with Gasteiger partial charge in [-0.2, -0.15) is 0 Å². The Labute approximate surface area is 150 Å². The van der Waals surface area contributed by atoms with E-state index in [1.165, 1.54) is 36.4 Å². The van der Waals surface area contributed by atoms with Gasteiger partial charge < -0.3 is 15.4 Å². The van der Waals surface area contributed by atoms with Crippen LogP contribution in [0.3, 0.4) is 0 Å². The maximum absolute atomic E-state index is 12.8. The molecule has 0 unspecified atom stereocenters. The minimum Gasteiger partial charge on any atom is -0.494 e. The quantitative estimate of drug-likeness (QED) is 0.674. The molecular weight excluding hydrogens is 342 g/mol. The highest BCUT2D eigenvalue weighted by atomic mass is 19.1. The number of hydrogen-bond donors (Lipinski definition) is 2. The molecule has 2 aromatic rings. The average molecular weight is 362 g/mol. The van der Waals surface area contributed by atoms with Gasteiger partial charge in [0, 0.05) is 12.1 Å². The molecule has 0 spiro atoms. The molecule has 0 aromatic heterocycles. The van der Waals surface area contributed by atoms with Crippen LogP contribution in [0, 0.1) is 11.6 Å². The summed E-state index contributed by atoms with van der Waals surface area (Å²) in [4.78, 5) is 23.4. The first-order valence-corrected chi connectivity index (χ1v) is 8.23. The predicted molar refractivity (Wildman–Crippen MR) is 92.9 cm³/mol. The van der Waals surface area contributed by atoms with Gasteiger partial charge in [-0.15, -0.1) is 0 Å². The molecule has 0 heterocycles. The molecule has 7 heteroatoms. The van der Waals surface area contributed by atoms with Crippen molar-refractivity contribution in [2.24, 2.45) is 0 Å². The molecule has 2 N–H and O–H groups in total. The third-order valence-electron chi connectivity index (χ3n) is 3.49. The Kier molecular flexibility index (Phi) is 7.54. The molecular formula is C19H20F2N2O3. The third kappa shape index (κ3) is 6.88. The molecule has 0 aliphatic rings. The number of rotatable bonds is 9. The predicted octanol–water partition coefficient (Wildman–Crippen LogP) is 2.67. The standard InChI is InChI=1S/C19H20F2N2O3/c20-15-5-3-14(4-6-15)19(25)23-13-18(24)22-11-1-2-12-26-17-9-7-16(21)8-10-17/h3-10H,1-2,11-13H2,(H,22,24)(H,23,25). The van der Waals surface area contributed by atoms with Crippen LogP contribution in [0.5, 0.6) is 5.75 Å². The van der Waals surface area contributed by atoms with Gasteiger partial charge in [0.25, 0.3) is 5.91 Å². The van der Waals surface area contributed by atoms with E-state index >= 15 is 0 Å². The van der Waals surface area contributed by atoms with Crippen molar-refractivity contribution in [1.29, 1.82) is 0 Å². The minimum absolute atomic E-state index is 0.151. The van der Waals surface area contributed by atoms with Crippen LogP contribution in [0.1, 0.15) is 23.2 Å². The van der Waals surface area contributed by atoms with Crippen molar-refractivity contribution >= 4 is 11.8 Å². The summed E-state index contributed by atoms with van der Waals surface area (Å²) < 4.78 is 31.0. The van der Waals surface area contributed by atoms with Gasteiger partial charge in [-0.3, -0.25) is 9.59 Å². The highest BCUT2D eigenvalue weighted by Crippen LogP contribution is 2.11. The summed E-state index contributed by atoms with van der Waals surface area (Å²) in [5, 5.41) is 5.15. The lowest BCUT2D eigenvalue weighted by atomic mass is 10.2. The van der Waals surface area contributed by atoms with Crippen molar-refractivity contribution in [2.45, 2.75) is 12.8 Å². The molecule has 2 rings (SSSR count). The number of benzene rings is 2. The number of unbranched alkanes of at least 4 members (excludes halogenated alkanes) is 1. The highest BCUT2D eigenvalue weighted by Gasteiger charge is 2.07. The first-order chi connectivity index (χ1) is 12.5. The van der Waals surface area contributed by atoms with Crippen molar-refractivity contribution in [2.75, 3.05) is 19.7 Å². The van der Waals surface area contributed by atoms with E-state index in [1.807, 2.05) is 0 Å². The van der Waals surface area contributed by atoms with E-state index in [1.54, 1.807) is 12.1 Å². The Morgan fingerprint density at radius 3 is 2.12 bits per heavy atom. The Morgan fingerprint density at radius 2 is 1.46 bits per heavy atom. The number of hydrogen-bond acceptors (Lipinski definition) is 3. The van der Waals surface area contributed by atoms with Gasteiger partial charge in [0.05, 0.1) is 13.2 Å². The van der Waals surface area contributed by atoms with Crippen LogP contribution >= 0.6 is 0 Å². The molecule has 0 saturated heterocycles. The van der Waals surface area contributed by atoms with Crippen LogP contribution in [-0.2, 0) is 4.79 Å². The molecule has 26 heavy (non-hydrogen) atoms. The molecule has 0 fully saturated rings. The number of amides is 2. The van der Waals surface area contributed by atoms with E-state index in [0.29, 0.717) is 25.3 Å². The van der Waals surface area contributed by atoms with Gasteiger partial charge >= 0.3 is 0 Å². The summed E-state index contributed by atoms with van der Waals surface area (Å²) in [6, 6.07) is 10.8. The van der Waals surface area contributed by atoms with Gasteiger partial charge in [-0.05, 0) is 61.4 Å². The number of halogens is 2. The summed E-state index contributed by atoms with van der Waals surface area (Å²) in [6.07, 6.45) is 1.43. The Hall–Kier alpha value is -2.96. The molecule has 5 nitrogen and oxygen atoms in total. The van der Waals surface area contributed by atoms with E-state index in [0.717, 1.165) is 6.42 Å².